The Bertz CT molecular complexity index is 1580. The van der Waals surface area contributed by atoms with Crippen molar-refractivity contribution < 1.29 is 63.9 Å². The number of aliphatic hydroxyl groups is 6. The van der Waals surface area contributed by atoms with Gasteiger partial charge in [-0.15, -0.1) is 5.10 Å². The molecule has 3 aliphatic heterocycles. The van der Waals surface area contributed by atoms with E-state index in [2.05, 4.69) is 25.6 Å². The average Bonchev–Trinajstić information content (AvgIpc) is 3.96. The number of ether oxygens (including phenoxy) is 6. The van der Waals surface area contributed by atoms with E-state index in [9.17, 15) is 35.4 Å². The molecule has 1 aliphatic carbocycles. The van der Waals surface area contributed by atoms with Gasteiger partial charge in [0, 0.05) is 25.2 Å². The fourth-order valence-electron chi connectivity index (χ4n) is 7.30. The molecule has 5 heterocycles. The van der Waals surface area contributed by atoms with Crippen LogP contribution in [0.3, 0.4) is 0 Å². The third-order valence-electron chi connectivity index (χ3n) is 10.7. The number of carbonyl (C=O) groups excluding carboxylic acids is 1. The van der Waals surface area contributed by atoms with Gasteiger partial charge in [0.1, 0.15) is 78.9 Å². The highest BCUT2D eigenvalue weighted by Gasteiger charge is 2.54. The van der Waals surface area contributed by atoms with E-state index in [1.165, 1.54) is 23.4 Å². The maximum Gasteiger partial charge on any atom is 0.243 e. The molecule has 0 spiro atoms. The van der Waals surface area contributed by atoms with Gasteiger partial charge in [0.25, 0.3) is 0 Å². The summed E-state index contributed by atoms with van der Waals surface area (Å²) in [5.74, 6) is -0.506. The van der Waals surface area contributed by atoms with Gasteiger partial charge in [-0.05, 0) is 6.42 Å². The minimum Gasteiger partial charge on any atom is -0.389 e. The highest BCUT2D eigenvalue weighted by molar-refractivity contribution is 5.82. The van der Waals surface area contributed by atoms with Crippen molar-refractivity contribution in [2.24, 2.45) is 40.1 Å². The molecule has 57 heavy (non-hydrogen) atoms. The van der Waals surface area contributed by atoms with E-state index in [0.717, 1.165) is 0 Å². The first-order valence-electron chi connectivity index (χ1n) is 18.5. The monoisotopic (exact) mass is 817 g/mol. The second kappa shape index (κ2) is 18.5. The van der Waals surface area contributed by atoms with Gasteiger partial charge in [0.05, 0.1) is 55.7 Å². The molecule has 1 saturated carbocycles. The summed E-state index contributed by atoms with van der Waals surface area (Å²) in [7, 11) is 0. The van der Waals surface area contributed by atoms with Crippen LogP contribution in [0, 0.1) is 0 Å². The SMILES string of the molecule is NCC1O[C@H](O[C@H]2C(N)C[C@@H](N)C(O)[C@H]2O[C@@H]2O[C@H](Cn3cc(CNC(=O)[C@@H](N)c4cnc[nH]4)nn3)[C@H](O[C@H]3O[C@@H](CN)[C@@H](O)C(O)C3N)C2O)C(N)[C@@H](O)[C@@H]1O. The molecular weight excluding hydrogens is 762 g/mol. The van der Waals surface area contributed by atoms with E-state index in [-0.39, 0.29) is 32.6 Å². The number of rotatable bonds is 14. The number of nitrogens with two attached hydrogens (primary N) is 7. The van der Waals surface area contributed by atoms with Crippen molar-refractivity contribution in [1.82, 2.24) is 30.3 Å². The molecule has 2 aromatic heterocycles. The maximum absolute atomic E-state index is 12.6. The normalized spacial score (nSPS) is 43.2. The molecular formula is C31H55N13O13. The van der Waals surface area contributed by atoms with E-state index in [1.54, 1.807) is 0 Å². The van der Waals surface area contributed by atoms with Crippen LogP contribution in [-0.4, -0.2) is 191 Å². The van der Waals surface area contributed by atoms with Crippen LogP contribution < -0.4 is 45.5 Å². The highest BCUT2D eigenvalue weighted by Crippen LogP contribution is 2.35. The number of aliphatic hydroxyl groups excluding tert-OH is 6. The fraction of sp³-hybridized carbons (Fsp3) is 0.806. The lowest BCUT2D eigenvalue weighted by Gasteiger charge is -2.47. The maximum atomic E-state index is 12.6. The molecule has 0 bridgehead atoms. The summed E-state index contributed by atoms with van der Waals surface area (Å²) in [5.41, 5.74) is 43.2. The van der Waals surface area contributed by atoms with E-state index in [4.69, 9.17) is 68.6 Å². The quantitative estimate of drug-likeness (QED) is 0.0841. The summed E-state index contributed by atoms with van der Waals surface area (Å²) in [5, 5.41) is 75.8. The standard InChI is InChI=1S/C31H55N13O13/c32-2-13-20(46)22(48)17(37)29(52-13)55-25-11(35)1-10(34)19(45)27(25)57-31-24(50)26(56-30-18(38)23(49)21(47)14(3-33)53-30)15(54-31)7-44-6-9(42-43-44)4-40-28(51)16(36)12-5-39-8-41-12/h5-6,8,10-11,13-27,29-31,45-50H,1-4,7,32-38H2,(H,39,41)(H,40,51)/t10-,11?,13?,14+,15-,16+,17?,18?,19?,20-,21-,22-,23?,24?,25+,26+,27-,29-,30-,31+/m1/s1. The number of aromatic amines is 1. The number of hydrogen-bond acceptors (Lipinski definition) is 23. The minimum atomic E-state index is -1.66. The predicted molar refractivity (Wildman–Crippen MR) is 189 cm³/mol. The molecule has 26 heteroatoms. The van der Waals surface area contributed by atoms with E-state index < -0.39 is 128 Å². The van der Waals surface area contributed by atoms with Crippen molar-refractivity contribution in [3.8, 4) is 0 Å². The zero-order valence-corrected chi connectivity index (χ0v) is 30.7. The Kier molecular flexibility index (Phi) is 14.2. The number of carbonyl (C=O) groups is 1. The summed E-state index contributed by atoms with van der Waals surface area (Å²) >= 11 is 0. The van der Waals surface area contributed by atoms with Gasteiger partial charge < -0.3 is 109 Å². The van der Waals surface area contributed by atoms with Crippen molar-refractivity contribution in [2.75, 3.05) is 13.1 Å². The lowest BCUT2D eigenvalue weighted by Crippen LogP contribution is -2.68. The van der Waals surface area contributed by atoms with E-state index in [1.807, 2.05) is 0 Å². The fourth-order valence-corrected chi connectivity index (χ4v) is 7.30. The zero-order valence-electron chi connectivity index (χ0n) is 30.7. The molecule has 6 rings (SSSR count). The average molecular weight is 818 g/mol. The Hall–Kier alpha value is -2.94. The Morgan fingerprint density at radius 1 is 0.807 bits per heavy atom. The number of imidazole rings is 1. The van der Waals surface area contributed by atoms with Crippen LogP contribution in [0.15, 0.2) is 18.7 Å². The van der Waals surface area contributed by atoms with Crippen LogP contribution in [-0.2, 0) is 46.3 Å². The molecule has 0 aromatic carbocycles. The van der Waals surface area contributed by atoms with Crippen molar-refractivity contribution in [1.29, 1.82) is 0 Å². The van der Waals surface area contributed by atoms with Crippen molar-refractivity contribution >= 4 is 5.91 Å². The number of aromatic nitrogens is 5. The Labute approximate surface area is 325 Å². The second-order valence-corrected chi connectivity index (χ2v) is 14.7. The molecule has 26 nitrogen and oxygen atoms in total. The lowest BCUT2D eigenvalue weighted by atomic mass is 9.84. The van der Waals surface area contributed by atoms with Crippen LogP contribution in [0.2, 0.25) is 0 Å². The Morgan fingerprint density at radius 2 is 1.39 bits per heavy atom. The zero-order chi connectivity index (χ0) is 41.3. The van der Waals surface area contributed by atoms with Crippen molar-refractivity contribution in [2.45, 2.75) is 142 Å². The van der Waals surface area contributed by atoms with Crippen LogP contribution >= 0.6 is 0 Å². The summed E-state index contributed by atoms with van der Waals surface area (Å²) in [6.45, 7) is -0.587. The van der Waals surface area contributed by atoms with Crippen LogP contribution in [0.5, 0.6) is 0 Å². The third kappa shape index (κ3) is 9.29. The smallest absolute Gasteiger partial charge is 0.243 e. The topological polar surface area (TPSA) is 447 Å². The Morgan fingerprint density at radius 3 is 1.96 bits per heavy atom. The summed E-state index contributed by atoms with van der Waals surface area (Å²) in [4.78, 5) is 19.2. The predicted octanol–water partition coefficient (Wildman–Crippen LogP) is -9.56. The molecule has 7 unspecified atom stereocenters. The number of hydrogen-bond donors (Lipinski definition) is 15. The van der Waals surface area contributed by atoms with Gasteiger partial charge in [-0.3, -0.25) is 4.79 Å². The highest BCUT2D eigenvalue weighted by atomic mass is 16.8. The number of H-pyrrole nitrogens is 1. The first kappa shape index (κ1) is 43.6. The van der Waals surface area contributed by atoms with Gasteiger partial charge in [0.2, 0.25) is 5.91 Å². The number of nitrogens with zero attached hydrogens (tertiary/aromatic N) is 4. The molecule has 4 aliphatic rings. The van der Waals surface area contributed by atoms with Crippen LogP contribution in [0.1, 0.15) is 23.9 Å². The largest absolute Gasteiger partial charge is 0.389 e. The van der Waals surface area contributed by atoms with E-state index in [0.29, 0.717) is 11.4 Å². The number of amides is 1. The van der Waals surface area contributed by atoms with Crippen LogP contribution in [0.4, 0.5) is 0 Å². The van der Waals surface area contributed by atoms with Crippen LogP contribution in [0.25, 0.3) is 0 Å². The van der Waals surface area contributed by atoms with E-state index >= 15 is 0 Å². The van der Waals surface area contributed by atoms with Gasteiger partial charge in [0.15, 0.2) is 18.9 Å². The first-order chi connectivity index (χ1) is 27.1. The lowest BCUT2D eigenvalue weighted by molar-refractivity contribution is -0.306. The first-order valence-corrected chi connectivity index (χ1v) is 18.5. The van der Waals surface area contributed by atoms with Crippen molar-refractivity contribution in [3.05, 3.63) is 30.1 Å². The minimum absolute atomic E-state index is 0.0518. The molecule has 20 atom stereocenters. The molecule has 322 valence electrons. The van der Waals surface area contributed by atoms with Gasteiger partial charge in [-0.1, -0.05) is 5.21 Å². The molecule has 3 saturated heterocycles. The second-order valence-electron chi connectivity index (χ2n) is 14.7. The molecule has 4 fully saturated rings. The summed E-state index contributed by atoms with van der Waals surface area (Å²) in [6, 6.07) is -5.40. The molecule has 2 aromatic rings. The number of nitrogens with one attached hydrogen (secondary N) is 2. The molecule has 1 amide bonds. The Balaban J connectivity index is 1.20. The van der Waals surface area contributed by atoms with Crippen molar-refractivity contribution in [3.63, 3.8) is 0 Å². The molecule has 0 radical (unpaired) electrons. The van der Waals surface area contributed by atoms with Gasteiger partial charge >= 0.3 is 0 Å². The van der Waals surface area contributed by atoms with Gasteiger partial charge in [-0.2, -0.15) is 0 Å². The summed E-state index contributed by atoms with van der Waals surface area (Å²) in [6.07, 6.45) is -16.1. The summed E-state index contributed by atoms with van der Waals surface area (Å²) < 4.78 is 37.5. The third-order valence-corrected chi connectivity index (χ3v) is 10.7. The van der Waals surface area contributed by atoms with Gasteiger partial charge in [-0.25, -0.2) is 9.67 Å². The molecule has 22 N–H and O–H groups in total.